The molecule has 1 aliphatic heterocycles. The van der Waals surface area contributed by atoms with Crippen LogP contribution < -0.4 is 10.9 Å². The largest absolute Gasteiger partial charge is 0.463 e. The SMILES string of the molecule is O=C(CNC(=O)c1cc2c(n(CC3CCCCC3)c1=O)CCCCCC2)OCCN1CCCC1. The van der Waals surface area contributed by atoms with Gasteiger partial charge in [0, 0.05) is 18.8 Å². The van der Waals surface area contributed by atoms with Crippen molar-refractivity contribution in [3.8, 4) is 0 Å². The average molecular weight is 472 g/mol. The summed E-state index contributed by atoms with van der Waals surface area (Å²) in [6, 6.07) is 1.80. The summed E-state index contributed by atoms with van der Waals surface area (Å²) in [6.45, 7) is 3.68. The van der Waals surface area contributed by atoms with Gasteiger partial charge >= 0.3 is 5.97 Å². The molecular weight excluding hydrogens is 430 g/mol. The zero-order chi connectivity index (χ0) is 23.8. The maximum absolute atomic E-state index is 13.5. The molecule has 0 spiro atoms. The van der Waals surface area contributed by atoms with Crippen LogP contribution in [0.2, 0.25) is 0 Å². The number of likely N-dealkylation sites (tertiary alicyclic amines) is 1. The molecule has 0 aromatic carbocycles. The molecule has 3 aliphatic rings. The van der Waals surface area contributed by atoms with E-state index in [1.54, 1.807) is 6.07 Å². The number of ether oxygens (including phenoxy) is 1. The molecule has 0 radical (unpaired) electrons. The van der Waals surface area contributed by atoms with Crippen molar-refractivity contribution in [3.05, 3.63) is 33.2 Å². The van der Waals surface area contributed by atoms with E-state index in [-0.39, 0.29) is 17.7 Å². The summed E-state index contributed by atoms with van der Waals surface area (Å²) >= 11 is 0. The Balaban J connectivity index is 1.43. The number of hydrogen-bond donors (Lipinski definition) is 1. The zero-order valence-electron chi connectivity index (χ0n) is 20.6. The molecule has 1 amide bonds. The fraction of sp³-hybridized carbons (Fsp3) is 0.741. The molecule has 1 saturated heterocycles. The van der Waals surface area contributed by atoms with Gasteiger partial charge in [0.05, 0.1) is 0 Å². The molecule has 1 saturated carbocycles. The molecule has 7 heteroatoms. The number of hydrogen-bond acceptors (Lipinski definition) is 5. The van der Waals surface area contributed by atoms with E-state index in [1.165, 1.54) is 44.9 Å². The number of nitrogens with zero attached hydrogens (tertiary/aromatic N) is 2. The fourth-order valence-electron chi connectivity index (χ4n) is 5.81. The van der Waals surface area contributed by atoms with Crippen molar-refractivity contribution in [2.75, 3.05) is 32.8 Å². The Kier molecular flexibility index (Phi) is 9.19. The normalized spacial score (nSPS) is 19.8. The molecule has 7 nitrogen and oxygen atoms in total. The molecule has 2 fully saturated rings. The number of aryl methyl sites for hydroxylation is 1. The first-order valence-corrected chi connectivity index (χ1v) is 13.5. The Morgan fingerprint density at radius 2 is 1.65 bits per heavy atom. The summed E-state index contributed by atoms with van der Waals surface area (Å²) in [5.74, 6) is -0.421. The summed E-state index contributed by atoms with van der Waals surface area (Å²) in [5.41, 5.74) is 2.23. The van der Waals surface area contributed by atoms with E-state index >= 15 is 0 Å². The van der Waals surface area contributed by atoms with Crippen molar-refractivity contribution in [2.24, 2.45) is 5.92 Å². The first kappa shape index (κ1) is 25.0. The smallest absolute Gasteiger partial charge is 0.325 e. The number of carbonyl (C=O) groups excluding carboxylic acids is 2. The van der Waals surface area contributed by atoms with E-state index in [9.17, 15) is 14.4 Å². The maximum Gasteiger partial charge on any atom is 0.325 e. The van der Waals surface area contributed by atoms with Crippen LogP contribution in [0.25, 0.3) is 0 Å². The fourth-order valence-corrected chi connectivity index (χ4v) is 5.81. The second kappa shape index (κ2) is 12.5. The molecule has 188 valence electrons. The molecule has 0 unspecified atom stereocenters. The molecule has 1 aromatic heterocycles. The lowest BCUT2D eigenvalue weighted by Gasteiger charge is -2.26. The van der Waals surface area contributed by atoms with Crippen molar-refractivity contribution in [2.45, 2.75) is 90.0 Å². The molecule has 2 aliphatic carbocycles. The number of fused-ring (bicyclic) bond motifs is 1. The minimum Gasteiger partial charge on any atom is -0.463 e. The molecule has 1 N–H and O–H groups in total. The van der Waals surface area contributed by atoms with Gasteiger partial charge < -0.3 is 14.6 Å². The lowest BCUT2D eigenvalue weighted by Crippen LogP contribution is -2.39. The van der Waals surface area contributed by atoms with Gasteiger partial charge in [-0.2, -0.15) is 0 Å². The summed E-state index contributed by atoms with van der Waals surface area (Å²) in [7, 11) is 0. The molecule has 34 heavy (non-hydrogen) atoms. The first-order chi connectivity index (χ1) is 16.6. The van der Waals surface area contributed by atoms with Crippen molar-refractivity contribution < 1.29 is 14.3 Å². The number of carbonyl (C=O) groups is 2. The summed E-state index contributed by atoms with van der Waals surface area (Å²) in [4.78, 5) is 40.9. The highest BCUT2D eigenvalue weighted by Gasteiger charge is 2.23. The Morgan fingerprint density at radius 1 is 0.941 bits per heavy atom. The Morgan fingerprint density at radius 3 is 2.41 bits per heavy atom. The van der Waals surface area contributed by atoms with E-state index < -0.39 is 11.9 Å². The molecular formula is C27H41N3O4. The summed E-state index contributed by atoms with van der Waals surface area (Å²) < 4.78 is 7.20. The van der Waals surface area contributed by atoms with Crippen LogP contribution in [0, 0.1) is 5.92 Å². The van der Waals surface area contributed by atoms with Crippen LogP contribution in [-0.2, 0) is 28.9 Å². The van der Waals surface area contributed by atoms with Gasteiger partial charge in [-0.15, -0.1) is 0 Å². The second-order valence-corrected chi connectivity index (χ2v) is 10.3. The average Bonchev–Trinajstić information content (AvgIpc) is 3.34. The molecule has 4 rings (SSSR count). The van der Waals surface area contributed by atoms with Crippen LogP contribution in [0.5, 0.6) is 0 Å². The topological polar surface area (TPSA) is 80.6 Å². The van der Waals surface area contributed by atoms with Gasteiger partial charge in [0.1, 0.15) is 18.7 Å². The van der Waals surface area contributed by atoms with Gasteiger partial charge in [-0.05, 0) is 82.0 Å². The maximum atomic E-state index is 13.5. The van der Waals surface area contributed by atoms with Crippen LogP contribution in [0.1, 0.15) is 92.2 Å². The monoisotopic (exact) mass is 471 g/mol. The third kappa shape index (κ3) is 6.71. The molecule has 0 bridgehead atoms. The van der Waals surface area contributed by atoms with Gasteiger partial charge in [0.25, 0.3) is 11.5 Å². The lowest BCUT2D eigenvalue weighted by atomic mass is 9.88. The minimum absolute atomic E-state index is 0.167. The van der Waals surface area contributed by atoms with Gasteiger partial charge in [-0.3, -0.25) is 19.3 Å². The second-order valence-electron chi connectivity index (χ2n) is 10.3. The van der Waals surface area contributed by atoms with Crippen molar-refractivity contribution in [1.82, 2.24) is 14.8 Å². The number of amides is 1. The van der Waals surface area contributed by atoms with Gasteiger partial charge in [-0.25, -0.2) is 0 Å². The van der Waals surface area contributed by atoms with E-state index in [4.69, 9.17) is 4.74 Å². The summed E-state index contributed by atoms with van der Waals surface area (Å²) in [6.07, 6.45) is 14.8. The highest BCUT2D eigenvalue weighted by molar-refractivity contribution is 5.95. The standard InChI is InChI=1S/C27H41N3O4/c31-25(34-17-16-29-14-8-9-15-29)19-28-26(32)23-18-22-12-6-1-2-7-13-24(22)30(27(23)33)20-21-10-4-3-5-11-21/h18,21H,1-17,19-20H2,(H,28,32). The quantitative estimate of drug-likeness (QED) is 0.588. The third-order valence-corrected chi connectivity index (χ3v) is 7.77. The zero-order valence-corrected chi connectivity index (χ0v) is 20.6. The minimum atomic E-state index is -0.469. The van der Waals surface area contributed by atoms with Gasteiger partial charge in [0.2, 0.25) is 0 Å². The predicted octanol–water partition coefficient (Wildman–Crippen LogP) is 3.46. The highest BCUT2D eigenvalue weighted by Crippen LogP contribution is 2.27. The van der Waals surface area contributed by atoms with E-state index in [0.29, 0.717) is 19.1 Å². The predicted molar refractivity (Wildman–Crippen MR) is 132 cm³/mol. The van der Waals surface area contributed by atoms with E-state index in [2.05, 4.69) is 10.2 Å². The Labute approximate surface area is 203 Å². The Hall–Kier alpha value is -2.15. The van der Waals surface area contributed by atoms with Crippen molar-refractivity contribution in [1.29, 1.82) is 0 Å². The highest BCUT2D eigenvalue weighted by atomic mass is 16.5. The van der Waals surface area contributed by atoms with Crippen molar-refractivity contribution in [3.63, 3.8) is 0 Å². The third-order valence-electron chi connectivity index (χ3n) is 7.77. The number of rotatable bonds is 8. The molecule has 1 aromatic rings. The lowest BCUT2D eigenvalue weighted by molar-refractivity contribution is -0.142. The Bertz CT molecular complexity index is 898. The van der Waals surface area contributed by atoms with Gasteiger partial charge in [0.15, 0.2) is 0 Å². The van der Waals surface area contributed by atoms with Crippen molar-refractivity contribution >= 4 is 11.9 Å². The van der Waals surface area contributed by atoms with Crippen LogP contribution in [-0.4, -0.2) is 54.1 Å². The van der Waals surface area contributed by atoms with Crippen LogP contribution >= 0.6 is 0 Å². The number of nitrogens with one attached hydrogen (secondary N) is 1. The van der Waals surface area contributed by atoms with Crippen LogP contribution in [0.3, 0.4) is 0 Å². The van der Waals surface area contributed by atoms with Crippen LogP contribution in [0.15, 0.2) is 10.9 Å². The molecule has 0 atom stereocenters. The van der Waals surface area contributed by atoms with E-state index in [0.717, 1.165) is 69.4 Å². The van der Waals surface area contributed by atoms with Crippen LogP contribution in [0.4, 0.5) is 0 Å². The molecule has 2 heterocycles. The summed E-state index contributed by atoms with van der Waals surface area (Å²) in [5, 5.41) is 2.64. The number of esters is 1. The number of pyridine rings is 1. The van der Waals surface area contributed by atoms with Gasteiger partial charge in [-0.1, -0.05) is 32.1 Å². The first-order valence-electron chi connectivity index (χ1n) is 13.5. The van der Waals surface area contributed by atoms with E-state index in [1.807, 2.05) is 4.57 Å². The number of aromatic nitrogens is 1.